The molecule has 1 heterocycles. The van der Waals surface area contributed by atoms with E-state index in [0.29, 0.717) is 11.4 Å². The first-order chi connectivity index (χ1) is 8.06. The molecule has 1 atom stereocenters. The fourth-order valence-corrected chi connectivity index (χ4v) is 3.57. The van der Waals surface area contributed by atoms with E-state index in [0.717, 1.165) is 20.5 Å². The largest absolute Gasteiger partial charge is 0.388 e. The molecule has 17 heavy (non-hydrogen) atoms. The van der Waals surface area contributed by atoms with Crippen molar-refractivity contribution in [2.45, 2.75) is 19.4 Å². The summed E-state index contributed by atoms with van der Waals surface area (Å²) in [6, 6.07) is 7.67. The maximum Gasteiger partial charge on any atom is 0.0839 e. The number of benzene rings is 1. The van der Waals surface area contributed by atoms with Crippen molar-refractivity contribution in [2.75, 3.05) is 0 Å². The lowest BCUT2D eigenvalue weighted by Gasteiger charge is -2.11. The third kappa shape index (κ3) is 3.32. The summed E-state index contributed by atoms with van der Waals surface area (Å²) in [5.74, 6) is 0. The summed E-state index contributed by atoms with van der Waals surface area (Å²) in [5, 5.41) is 12.9. The predicted octanol–water partition coefficient (Wildman–Crippen LogP) is 4.75. The molecule has 90 valence electrons. The SMILES string of the molecule is Cc1cc(Cl)cc(C(O)Cc2sccc2Br)c1. The second-order valence-corrected chi connectivity index (χ2v) is 6.26. The predicted molar refractivity (Wildman–Crippen MR) is 76.9 cm³/mol. The Morgan fingerprint density at radius 3 is 2.76 bits per heavy atom. The maximum absolute atomic E-state index is 10.2. The van der Waals surface area contributed by atoms with Crippen LogP contribution in [-0.2, 0) is 6.42 Å². The van der Waals surface area contributed by atoms with Crippen molar-refractivity contribution < 1.29 is 5.11 Å². The van der Waals surface area contributed by atoms with Crippen molar-refractivity contribution in [3.8, 4) is 0 Å². The van der Waals surface area contributed by atoms with Crippen LogP contribution < -0.4 is 0 Å². The monoisotopic (exact) mass is 330 g/mol. The summed E-state index contributed by atoms with van der Waals surface area (Å²) in [4.78, 5) is 1.15. The van der Waals surface area contributed by atoms with E-state index >= 15 is 0 Å². The third-order valence-electron chi connectivity index (χ3n) is 2.52. The van der Waals surface area contributed by atoms with Crippen LogP contribution in [0.2, 0.25) is 5.02 Å². The maximum atomic E-state index is 10.2. The molecule has 0 spiro atoms. The quantitative estimate of drug-likeness (QED) is 0.860. The first-order valence-electron chi connectivity index (χ1n) is 5.23. The first-order valence-corrected chi connectivity index (χ1v) is 7.28. The van der Waals surface area contributed by atoms with E-state index in [1.54, 1.807) is 11.3 Å². The van der Waals surface area contributed by atoms with E-state index in [-0.39, 0.29) is 0 Å². The van der Waals surface area contributed by atoms with Crippen LogP contribution in [0, 0.1) is 6.92 Å². The zero-order chi connectivity index (χ0) is 12.4. The Morgan fingerprint density at radius 2 is 2.18 bits per heavy atom. The molecule has 0 radical (unpaired) electrons. The molecule has 0 aliphatic carbocycles. The van der Waals surface area contributed by atoms with Gasteiger partial charge in [-0.25, -0.2) is 0 Å². The Morgan fingerprint density at radius 1 is 1.41 bits per heavy atom. The van der Waals surface area contributed by atoms with E-state index in [2.05, 4.69) is 15.9 Å². The fraction of sp³-hybridized carbons (Fsp3) is 0.231. The molecule has 0 saturated heterocycles. The summed E-state index contributed by atoms with van der Waals surface area (Å²) in [5.41, 5.74) is 1.94. The number of aliphatic hydroxyl groups excluding tert-OH is 1. The Hall–Kier alpha value is -0.350. The van der Waals surface area contributed by atoms with Gasteiger partial charge in [-0.05, 0) is 57.6 Å². The molecule has 2 aromatic rings. The van der Waals surface area contributed by atoms with Gasteiger partial charge in [0.05, 0.1) is 6.10 Å². The van der Waals surface area contributed by atoms with Crippen molar-refractivity contribution in [1.82, 2.24) is 0 Å². The number of hydrogen-bond donors (Lipinski definition) is 1. The van der Waals surface area contributed by atoms with E-state index in [4.69, 9.17) is 11.6 Å². The minimum absolute atomic E-state index is 0.512. The Kier molecular flexibility index (Phi) is 4.26. The molecule has 4 heteroatoms. The van der Waals surface area contributed by atoms with E-state index in [1.807, 2.05) is 36.6 Å². The number of aliphatic hydroxyl groups is 1. The van der Waals surface area contributed by atoms with Crippen molar-refractivity contribution in [3.63, 3.8) is 0 Å². The minimum atomic E-state index is -0.512. The molecule has 2 rings (SSSR count). The van der Waals surface area contributed by atoms with E-state index in [1.165, 1.54) is 0 Å². The van der Waals surface area contributed by atoms with Gasteiger partial charge >= 0.3 is 0 Å². The minimum Gasteiger partial charge on any atom is -0.388 e. The van der Waals surface area contributed by atoms with Crippen LogP contribution in [0.5, 0.6) is 0 Å². The molecule has 0 saturated carbocycles. The molecule has 0 amide bonds. The topological polar surface area (TPSA) is 20.2 Å². The van der Waals surface area contributed by atoms with Crippen LogP contribution in [0.4, 0.5) is 0 Å². The third-order valence-corrected chi connectivity index (χ3v) is 4.69. The van der Waals surface area contributed by atoms with Crippen LogP contribution in [0.1, 0.15) is 22.1 Å². The molecule has 1 nitrogen and oxygen atoms in total. The smallest absolute Gasteiger partial charge is 0.0839 e. The molecule has 1 unspecified atom stereocenters. The normalized spacial score (nSPS) is 12.7. The van der Waals surface area contributed by atoms with Gasteiger partial charge in [0.1, 0.15) is 0 Å². The Labute approximate surface area is 118 Å². The molecular formula is C13H12BrClOS. The number of aryl methyl sites for hydroxylation is 1. The highest BCUT2D eigenvalue weighted by Gasteiger charge is 2.12. The van der Waals surface area contributed by atoms with Crippen LogP contribution in [0.15, 0.2) is 34.1 Å². The van der Waals surface area contributed by atoms with E-state index in [9.17, 15) is 5.11 Å². The number of hydrogen-bond acceptors (Lipinski definition) is 2. The first kappa shape index (κ1) is 13.1. The average molecular weight is 332 g/mol. The molecule has 0 fully saturated rings. The second-order valence-electron chi connectivity index (χ2n) is 3.97. The van der Waals surface area contributed by atoms with E-state index < -0.39 is 6.10 Å². The van der Waals surface area contributed by atoms with Crippen LogP contribution in [-0.4, -0.2) is 5.11 Å². The van der Waals surface area contributed by atoms with Crippen LogP contribution in [0.3, 0.4) is 0 Å². The van der Waals surface area contributed by atoms with Gasteiger partial charge in [0, 0.05) is 20.8 Å². The fourth-order valence-electron chi connectivity index (χ4n) is 1.72. The molecule has 1 N–H and O–H groups in total. The van der Waals surface area contributed by atoms with Gasteiger partial charge < -0.3 is 5.11 Å². The van der Waals surface area contributed by atoms with Gasteiger partial charge in [0.15, 0.2) is 0 Å². The van der Waals surface area contributed by atoms with Crippen LogP contribution >= 0.6 is 38.9 Å². The lowest BCUT2D eigenvalue weighted by molar-refractivity contribution is 0.179. The Bertz CT molecular complexity index is 504. The summed E-state index contributed by atoms with van der Waals surface area (Å²) in [6.07, 6.45) is 0.0974. The standard InChI is InChI=1S/C13H12BrClOS/c1-8-4-9(6-10(15)5-8)12(16)7-13-11(14)2-3-17-13/h2-6,12,16H,7H2,1H3. The van der Waals surface area contributed by atoms with Crippen molar-refractivity contribution in [2.24, 2.45) is 0 Å². The van der Waals surface area contributed by atoms with Gasteiger partial charge in [-0.2, -0.15) is 0 Å². The molecule has 1 aromatic heterocycles. The van der Waals surface area contributed by atoms with Gasteiger partial charge in [0.2, 0.25) is 0 Å². The Balaban J connectivity index is 2.20. The highest BCUT2D eigenvalue weighted by molar-refractivity contribution is 9.10. The highest BCUT2D eigenvalue weighted by atomic mass is 79.9. The lowest BCUT2D eigenvalue weighted by Crippen LogP contribution is -2.01. The number of halogens is 2. The molecular weight excluding hydrogens is 320 g/mol. The zero-order valence-electron chi connectivity index (χ0n) is 9.28. The molecule has 1 aromatic carbocycles. The summed E-state index contributed by atoms with van der Waals surface area (Å²) >= 11 is 11.1. The molecule has 0 aliphatic rings. The highest BCUT2D eigenvalue weighted by Crippen LogP contribution is 2.29. The number of thiophene rings is 1. The van der Waals surface area contributed by atoms with Crippen molar-refractivity contribution >= 4 is 38.9 Å². The summed E-state index contributed by atoms with van der Waals surface area (Å²) in [6.45, 7) is 1.98. The average Bonchev–Trinajstić information content (AvgIpc) is 2.63. The summed E-state index contributed by atoms with van der Waals surface area (Å²) < 4.78 is 1.06. The molecule has 0 aliphatic heterocycles. The molecule has 0 bridgehead atoms. The van der Waals surface area contributed by atoms with Gasteiger partial charge in [-0.15, -0.1) is 11.3 Å². The van der Waals surface area contributed by atoms with Gasteiger partial charge in [-0.1, -0.05) is 17.7 Å². The zero-order valence-corrected chi connectivity index (χ0v) is 12.4. The second kappa shape index (κ2) is 5.53. The van der Waals surface area contributed by atoms with Crippen LogP contribution in [0.25, 0.3) is 0 Å². The van der Waals surface area contributed by atoms with Crippen molar-refractivity contribution in [3.05, 3.63) is 55.1 Å². The van der Waals surface area contributed by atoms with Gasteiger partial charge in [0.25, 0.3) is 0 Å². The van der Waals surface area contributed by atoms with Crippen molar-refractivity contribution in [1.29, 1.82) is 0 Å². The van der Waals surface area contributed by atoms with Gasteiger partial charge in [-0.3, -0.25) is 0 Å². The summed E-state index contributed by atoms with van der Waals surface area (Å²) in [7, 11) is 0. The number of rotatable bonds is 3. The lowest BCUT2D eigenvalue weighted by atomic mass is 10.0.